The molecule has 3 saturated heterocycles. The van der Waals surface area contributed by atoms with Gasteiger partial charge in [-0.1, -0.05) is 6.92 Å². The molecule has 3 atom stereocenters. The Kier molecular flexibility index (Phi) is 4.94. The Labute approximate surface area is 144 Å². The highest BCUT2D eigenvalue weighted by Gasteiger charge is 2.48. The maximum absolute atomic E-state index is 13.0. The van der Waals surface area contributed by atoms with Gasteiger partial charge in [0.15, 0.2) is 0 Å². The van der Waals surface area contributed by atoms with Crippen molar-refractivity contribution in [3.05, 3.63) is 0 Å². The van der Waals surface area contributed by atoms with E-state index in [4.69, 9.17) is 0 Å². The lowest BCUT2D eigenvalue weighted by molar-refractivity contribution is -0.140. The first-order valence-corrected chi connectivity index (χ1v) is 10.3. The van der Waals surface area contributed by atoms with Crippen LogP contribution < -0.4 is 0 Å². The summed E-state index contributed by atoms with van der Waals surface area (Å²) in [5, 5.41) is 9.30. The quantitative estimate of drug-likeness (QED) is 0.807. The summed E-state index contributed by atoms with van der Waals surface area (Å²) in [4.78, 5) is 13.7. The van der Waals surface area contributed by atoms with E-state index in [1.165, 1.54) is 15.0 Å². The molecule has 3 aliphatic heterocycles. The molecular formula is C16H29N3O4S. The maximum atomic E-state index is 13.0. The minimum absolute atomic E-state index is 0.205. The Morgan fingerprint density at radius 2 is 1.92 bits per heavy atom. The van der Waals surface area contributed by atoms with Gasteiger partial charge in [-0.05, 0) is 57.0 Å². The van der Waals surface area contributed by atoms with Crippen molar-refractivity contribution < 1.29 is 18.3 Å². The first-order chi connectivity index (χ1) is 11.3. The van der Waals surface area contributed by atoms with E-state index in [1.807, 2.05) is 0 Å². The third-order valence-corrected chi connectivity index (χ3v) is 8.31. The third-order valence-electron chi connectivity index (χ3n) is 6.29. The fourth-order valence-corrected chi connectivity index (χ4v) is 6.72. The van der Waals surface area contributed by atoms with E-state index in [9.17, 15) is 18.3 Å². The average molecular weight is 359 g/mol. The standard InChI is InChI=1S/C16H29N3O4S/c1-13-11-18(10-7-16(13)6-4-8-17(2)12-16)24(22,23)19-9-3-5-14(19)15(20)21/h13-14H,3-12H2,1-2H3,(H,20,21)/t13?,14-,16?/m0/s1. The summed E-state index contributed by atoms with van der Waals surface area (Å²) < 4.78 is 28.7. The second-order valence-corrected chi connectivity index (χ2v) is 9.71. The normalized spacial score (nSPS) is 37.1. The second-order valence-electron chi connectivity index (χ2n) is 7.83. The van der Waals surface area contributed by atoms with Crippen molar-refractivity contribution in [2.45, 2.75) is 45.1 Å². The molecule has 3 fully saturated rings. The number of carboxylic acids is 1. The van der Waals surface area contributed by atoms with Gasteiger partial charge in [0.05, 0.1) is 0 Å². The highest BCUT2D eigenvalue weighted by atomic mass is 32.2. The number of likely N-dealkylation sites (tertiary alicyclic amines) is 1. The van der Waals surface area contributed by atoms with Gasteiger partial charge in [-0.3, -0.25) is 4.79 Å². The van der Waals surface area contributed by atoms with Gasteiger partial charge in [-0.25, -0.2) is 0 Å². The molecule has 0 amide bonds. The summed E-state index contributed by atoms with van der Waals surface area (Å²) in [6, 6.07) is -0.901. The molecule has 0 aliphatic carbocycles. The molecule has 138 valence electrons. The van der Waals surface area contributed by atoms with E-state index < -0.39 is 22.2 Å². The summed E-state index contributed by atoms with van der Waals surface area (Å²) in [6.45, 7) is 5.62. The van der Waals surface area contributed by atoms with Gasteiger partial charge in [0.1, 0.15) is 6.04 Å². The molecule has 0 aromatic heterocycles. The molecule has 0 radical (unpaired) electrons. The largest absolute Gasteiger partial charge is 0.480 e. The zero-order valence-electron chi connectivity index (χ0n) is 14.6. The van der Waals surface area contributed by atoms with E-state index in [1.54, 1.807) is 0 Å². The molecule has 1 spiro atoms. The van der Waals surface area contributed by atoms with Gasteiger partial charge < -0.3 is 10.0 Å². The topological polar surface area (TPSA) is 81.2 Å². The smallest absolute Gasteiger partial charge is 0.322 e. The molecule has 3 aliphatic rings. The molecule has 3 rings (SSSR count). The molecule has 0 aromatic rings. The molecule has 0 saturated carbocycles. The fraction of sp³-hybridized carbons (Fsp3) is 0.938. The van der Waals surface area contributed by atoms with Gasteiger partial charge in [0, 0.05) is 26.2 Å². The maximum Gasteiger partial charge on any atom is 0.322 e. The van der Waals surface area contributed by atoms with Crippen LogP contribution >= 0.6 is 0 Å². The lowest BCUT2D eigenvalue weighted by atomic mass is 9.67. The third kappa shape index (κ3) is 3.09. The first-order valence-electron chi connectivity index (χ1n) is 8.94. The Morgan fingerprint density at radius 3 is 2.54 bits per heavy atom. The van der Waals surface area contributed by atoms with E-state index in [-0.39, 0.29) is 11.3 Å². The van der Waals surface area contributed by atoms with E-state index in [0.29, 0.717) is 32.5 Å². The minimum atomic E-state index is -3.69. The van der Waals surface area contributed by atoms with Crippen LogP contribution in [-0.4, -0.2) is 78.8 Å². The van der Waals surface area contributed by atoms with Crippen molar-refractivity contribution in [1.82, 2.24) is 13.5 Å². The lowest BCUT2D eigenvalue weighted by Crippen LogP contribution is -2.57. The van der Waals surface area contributed by atoms with Gasteiger partial charge in [0.2, 0.25) is 0 Å². The number of hydrogen-bond donors (Lipinski definition) is 1. The highest BCUT2D eigenvalue weighted by Crippen LogP contribution is 2.44. The number of rotatable bonds is 3. The Balaban J connectivity index is 1.74. The number of carboxylic acid groups (broad SMARTS) is 1. The highest BCUT2D eigenvalue weighted by molar-refractivity contribution is 7.86. The molecular weight excluding hydrogens is 330 g/mol. The van der Waals surface area contributed by atoms with Crippen LogP contribution in [0.3, 0.4) is 0 Å². The van der Waals surface area contributed by atoms with E-state index >= 15 is 0 Å². The summed E-state index contributed by atoms with van der Waals surface area (Å²) in [5.41, 5.74) is 0.205. The predicted molar refractivity (Wildman–Crippen MR) is 90.8 cm³/mol. The summed E-state index contributed by atoms with van der Waals surface area (Å²) >= 11 is 0. The van der Waals surface area contributed by atoms with Crippen molar-refractivity contribution in [1.29, 1.82) is 0 Å². The Hall–Kier alpha value is -0.700. The zero-order chi connectivity index (χ0) is 17.5. The van der Waals surface area contributed by atoms with Crippen LogP contribution in [0.4, 0.5) is 0 Å². The van der Waals surface area contributed by atoms with Crippen molar-refractivity contribution in [2.24, 2.45) is 11.3 Å². The summed E-state index contributed by atoms with van der Waals surface area (Å²) in [7, 11) is -1.55. The van der Waals surface area contributed by atoms with E-state index in [2.05, 4.69) is 18.9 Å². The number of piperidine rings is 2. The Bertz CT molecular complexity index is 596. The molecule has 8 heteroatoms. The molecule has 3 heterocycles. The van der Waals surface area contributed by atoms with Crippen LogP contribution in [0.1, 0.15) is 39.0 Å². The van der Waals surface area contributed by atoms with Crippen molar-refractivity contribution in [3.8, 4) is 0 Å². The number of aliphatic carboxylic acids is 1. The van der Waals surface area contributed by atoms with Crippen LogP contribution in [0.15, 0.2) is 0 Å². The number of hydrogen-bond acceptors (Lipinski definition) is 4. The van der Waals surface area contributed by atoms with E-state index in [0.717, 1.165) is 25.9 Å². The fourth-order valence-electron chi connectivity index (χ4n) is 4.81. The molecule has 2 unspecified atom stereocenters. The Morgan fingerprint density at radius 1 is 1.17 bits per heavy atom. The zero-order valence-corrected chi connectivity index (χ0v) is 15.5. The van der Waals surface area contributed by atoms with Crippen LogP contribution in [0.2, 0.25) is 0 Å². The molecule has 24 heavy (non-hydrogen) atoms. The van der Waals surface area contributed by atoms with Crippen molar-refractivity contribution in [2.75, 3.05) is 39.8 Å². The first kappa shape index (κ1) is 18.1. The van der Waals surface area contributed by atoms with Gasteiger partial charge in [-0.2, -0.15) is 17.0 Å². The van der Waals surface area contributed by atoms with Crippen molar-refractivity contribution in [3.63, 3.8) is 0 Å². The summed E-state index contributed by atoms with van der Waals surface area (Å²) in [6.07, 6.45) is 4.22. The average Bonchev–Trinajstić information content (AvgIpc) is 3.01. The SMILES string of the molecule is CC1CN(S(=O)(=O)N2CCC[C@H]2C(=O)O)CCC12CCCN(C)C2. The van der Waals surface area contributed by atoms with Gasteiger partial charge >= 0.3 is 5.97 Å². The van der Waals surface area contributed by atoms with Crippen molar-refractivity contribution >= 4 is 16.2 Å². The lowest BCUT2D eigenvalue weighted by Gasteiger charge is -2.51. The minimum Gasteiger partial charge on any atom is -0.480 e. The summed E-state index contributed by atoms with van der Waals surface area (Å²) in [5.74, 6) is -0.749. The second kappa shape index (κ2) is 6.55. The van der Waals surface area contributed by atoms with Crippen LogP contribution in [0.5, 0.6) is 0 Å². The number of nitrogens with zero attached hydrogens (tertiary/aromatic N) is 3. The number of carbonyl (C=O) groups is 1. The van der Waals surface area contributed by atoms with Crippen LogP contribution in [0.25, 0.3) is 0 Å². The molecule has 0 bridgehead atoms. The van der Waals surface area contributed by atoms with Crippen LogP contribution in [-0.2, 0) is 15.0 Å². The predicted octanol–water partition coefficient (Wildman–Crippen LogP) is 0.834. The molecule has 7 nitrogen and oxygen atoms in total. The van der Waals surface area contributed by atoms with Crippen LogP contribution in [0, 0.1) is 11.3 Å². The monoisotopic (exact) mass is 359 g/mol. The van der Waals surface area contributed by atoms with Gasteiger partial charge in [-0.15, -0.1) is 0 Å². The molecule has 1 N–H and O–H groups in total. The molecule has 0 aromatic carbocycles. The van der Waals surface area contributed by atoms with Gasteiger partial charge in [0.25, 0.3) is 10.2 Å².